The molecule has 0 aliphatic carbocycles. The molecule has 0 radical (unpaired) electrons. The number of nitrogens with two attached hydrogens (primary N) is 1. The normalized spacial score (nSPS) is 13.5. The molecule has 17 heavy (non-hydrogen) atoms. The summed E-state index contributed by atoms with van der Waals surface area (Å²) in [6, 6.07) is 0. The van der Waals surface area contributed by atoms with E-state index in [1.165, 1.54) is 4.90 Å². The molecule has 0 aromatic carbocycles. The Kier molecular flexibility index (Phi) is 4.02. The number of carbonyl (C=O) groups excluding carboxylic acids is 1. The van der Waals surface area contributed by atoms with E-state index in [0.29, 0.717) is 11.6 Å². The molecule has 8 heteroatoms. The van der Waals surface area contributed by atoms with E-state index in [-0.39, 0.29) is 18.3 Å². The fraction of sp³-hybridized carbons (Fsp3) is 0.556. The lowest BCUT2D eigenvalue weighted by molar-refractivity contribution is -0.132. The van der Waals surface area contributed by atoms with Gasteiger partial charge in [-0.05, 0) is 13.8 Å². The van der Waals surface area contributed by atoms with Gasteiger partial charge in [-0.15, -0.1) is 0 Å². The third-order valence-electron chi connectivity index (χ3n) is 2.33. The summed E-state index contributed by atoms with van der Waals surface area (Å²) in [4.78, 5) is 17.4. The topological polar surface area (TPSA) is 120 Å². The van der Waals surface area contributed by atoms with Gasteiger partial charge >= 0.3 is 0 Å². The number of oxime groups is 1. The molecule has 0 aliphatic rings. The van der Waals surface area contributed by atoms with Crippen molar-refractivity contribution < 1.29 is 10.0 Å². The van der Waals surface area contributed by atoms with Crippen molar-refractivity contribution in [1.29, 1.82) is 0 Å². The van der Waals surface area contributed by atoms with Crippen LogP contribution in [0.15, 0.2) is 5.16 Å². The maximum absolute atomic E-state index is 11.8. The summed E-state index contributed by atoms with van der Waals surface area (Å²) in [7, 11) is 1.61. The third kappa shape index (κ3) is 3.16. The minimum Gasteiger partial charge on any atom is -0.409 e. The predicted molar refractivity (Wildman–Crippen MR) is 60.2 cm³/mol. The lowest BCUT2D eigenvalue weighted by Crippen LogP contribution is -2.38. The van der Waals surface area contributed by atoms with E-state index in [1.807, 2.05) is 0 Å². The first kappa shape index (κ1) is 12.9. The van der Waals surface area contributed by atoms with Crippen LogP contribution < -0.4 is 5.73 Å². The molecule has 0 bridgehead atoms. The maximum atomic E-state index is 11.8. The zero-order valence-electron chi connectivity index (χ0n) is 10.0. The minimum absolute atomic E-state index is 0.118. The van der Waals surface area contributed by atoms with Crippen molar-refractivity contribution in [2.75, 3.05) is 7.05 Å². The Morgan fingerprint density at radius 2 is 2.35 bits per heavy atom. The van der Waals surface area contributed by atoms with Gasteiger partial charge in [0.15, 0.2) is 11.7 Å². The van der Waals surface area contributed by atoms with Gasteiger partial charge in [-0.3, -0.25) is 9.89 Å². The average molecular weight is 240 g/mol. The summed E-state index contributed by atoms with van der Waals surface area (Å²) in [6.07, 6.45) is 0. The van der Waals surface area contributed by atoms with Crippen LogP contribution in [0.1, 0.15) is 18.6 Å². The SMILES string of the molecule is Cc1nc(CN(C)C(=O)C(C)C(N)=NO)n[nH]1. The number of aryl methyl sites for hydroxylation is 1. The van der Waals surface area contributed by atoms with Gasteiger partial charge in [0.25, 0.3) is 0 Å². The Hall–Kier alpha value is -2.12. The summed E-state index contributed by atoms with van der Waals surface area (Å²) in [5, 5.41) is 17.9. The molecule has 1 amide bonds. The van der Waals surface area contributed by atoms with E-state index in [9.17, 15) is 4.79 Å². The lowest BCUT2D eigenvalue weighted by Gasteiger charge is -2.19. The quantitative estimate of drug-likeness (QED) is 0.282. The molecule has 1 unspecified atom stereocenters. The molecule has 4 N–H and O–H groups in total. The number of aromatic amines is 1. The zero-order chi connectivity index (χ0) is 13.0. The van der Waals surface area contributed by atoms with Gasteiger partial charge in [0.1, 0.15) is 5.82 Å². The van der Waals surface area contributed by atoms with Crippen LogP contribution in [0, 0.1) is 12.8 Å². The highest BCUT2D eigenvalue weighted by molar-refractivity contribution is 6.01. The fourth-order valence-electron chi connectivity index (χ4n) is 1.29. The number of aromatic nitrogens is 3. The van der Waals surface area contributed by atoms with Crippen LogP contribution in [0.5, 0.6) is 0 Å². The summed E-state index contributed by atoms with van der Waals surface area (Å²) in [5.74, 6) is 0.149. The predicted octanol–water partition coefficient (Wildman–Crippen LogP) is -0.546. The Morgan fingerprint density at radius 1 is 1.71 bits per heavy atom. The molecule has 1 rings (SSSR count). The number of amides is 1. The lowest BCUT2D eigenvalue weighted by atomic mass is 10.1. The molecule has 8 nitrogen and oxygen atoms in total. The van der Waals surface area contributed by atoms with Gasteiger partial charge in [-0.25, -0.2) is 4.98 Å². The molecule has 0 fully saturated rings. The third-order valence-corrected chi connectivity index (χ3v) is 2.33. The van der Waals surface area contributed by atoms with Crippen molar-refractivity contribution >= 4 is 11.7 Å². The van der Waals surface area contributed by atoms with Gasteiger partial charge in [-0.2, -0.15) is 5.10 Å². The first-order chi connectivity index (χ1) is 7.95. The van der Waals surface area contributed by atoms with Crippen LogP contribution in [0.25, 0.3) is 0 Å². The summed E-state index contributed by atoms with van der Waals surface area (Å²) in [5.41, 5.74) is 5.37. The van der Waals surface area contributed by atoms with Gasteiger partial charge < -0.3 is 15.8 Å². The molecule has 1 atom stereocenters. The van der Waals surface area contributed by atoms with E-state index in [0.717, 1.165) is 0 Å². The van der Waals surface area contributed by atoms with Gasteiger partial charge in [0, 0.05) is 7.05 Å². The van der Waals surface area contributed by atoms with Crippen molar-refractivity contribution in [3.63, 3.8) is 0 Å². The number of nitrogens with zero attached hydrogens (tertiary/aromatic N) is 4. The van der Waals surface area contributed by atoms with Crippen molar-refractivity contribution in [2.24, 2.45) is 16.8 Å². The first-order valence-electron chi connectivity index (χ1n) is 5.06. The first-order valence-corrected chi connectivity index (χ1v) is 5.06. The number of carbonyl (C=O) groups is 1. The highest BCUT2D eigenvalue weighted by Crippen LogP contribution is 2.04. The van der Waals surface area contributed by atoms with Crippen molar-refractivity contribution in [3.05, 3.63) is 11.6 Å². The number of hydrogen-bond acceptors (Lipinski definition) is 5. The second-order valence-corrected chi connectivity index (χ2v) is 3.78. The second-order valence-electron chi connectivity index (χ2n) is 3.78. The number of rotatable bonds is 4. The monoisotopic (exact) mass is 240 g/mol. The number of nitrogens with one attached hydrogen (secondary N) is 1. The largest absolute Gasteiger partial charge is 0.409 e. The maximum Gasteiger partial charge on any atom is 0.233 e. The number of amidine groups is 1. The molecule has 0 saturated carbocycles. The van der Waals surface area contributed by atoms with E-state index < -0.39 is 5.92 Å². The Morgan fingerprint density at radius 3 is 2.82 bits per heavy atom. The molecule has 0 saturated heterocycles. The van der Waals surface area contributed by atoms with Crippen molar-refractivity contribution in [3.8, 4) is 0 Å². The molecule has 0 spiro atoms. The van der Waals surface area contributed by atoms with Crippen LogP contribution in [0.3, 0.4) is 0 Å². The van der Waals surface area contributed by atoms with Crippen LogP contribution in [0.2, 0.25) is 0 Å². The van der Waals surface area contributed by atoms with E-state index >= 15 is 0 Å². The highest BCUT2D eigenvalue weighted by atomic mass is 16.4. The molecular weight excluding hydrogens is 224 g/mol. The molecule has 1 aromatic rings. The van der Waals surface area contributed by atoms with Gasteiger partial charge in [0.2, 0.25) is 5.91 Å². The Balaban J connectivity index is 2.64. The number of H-pyrrole nitrogens is 1. The summed E-state index contributed by atoms with van der Waals surface area (Å²) >= 11 is 0. The van der Waals surface area contributed by atoms with E-state index in [2.05, 4.69) is 20.3 Å². The number of hydrogen-bond donors (Lipinski definition) is 3. The van der Waals surface area contributed by atoms with E-state index in [4.69, 9.17) is 10.9 Å². The summed E-state index contributed by atoms with van der Waals surface area (Å²) < 4.78 is 0. The average Bonchev–Trinajstić information content (AvgIpc) is 2.71. The molecule has 94 valence electrons. The molecular formula is C9H16N6O2. The minimum atomic E-state index is -0.676. The van der Waals surface area contributed by atoms with E-state index in [1.54, 1.807) is 20.9 Å². The van der Waals surface area contributed by atoms with Gasteiger partial charge in [0.05, 0.1) is 12.5 Å². The van der Waals surface area contributed by atoms with Crippen LogP contribution in [-0.2, 0) is 11.3 Å². The fourth-order valence-corrected chi connectivity index (χ4v) is 1.29. The second kappa shape index (κ2) is 5.28. The van der Waals surface area contributed by atoms with Crippen LogP contribution in [0.4, 0.5) is 0 Å². The van der Waals surface area contributed by atoms with Crippen LogP contribution in [-0.4, -0.2) is 44.1 Å². The molecule has 1 heterocycles. The summed E-state index contributed by atoms with van der Waals surface area (Å²) in [6.45, 7) is 3.61. The Labute approximate surface area is 98.5 Å². The highest BCUT2D eigenvalue weighted by Gasteiger charge is 2.22. The molecule has 1 aromatic heterocycles. The van der Waals surface area contributed by atoms with Crippen molar-refractivity contribution in [1.82, 2.24) is 20.1 Å². The standard InChI is InChI=1S/C9H16N6O2/c1-5(8(10)14-17)9(16)15(3)4-7-11-6(2)12-13-7/h5,17H,4H2,1-3H3,(H2,10,14)(H,11,12,13). The van der Waals surface area contributed by atoms with Crippen molar-refractivity contribution in [2.45, 2.75) is 20.4 Å². The smallest absolute Gasteiger partial charge is 0.233 e. The zero-order valence-corrected chi connectivity index (χ0v) is 10.0. The van der Waals surface area contributed by atoms with Crippen LogP contribution >= 0.6 is 0 Å². The Bertz CT molecular complexity index is 427. The molecule has 0 aliphatic heterocycles. The van der Waals surface area contributed by atoms with Gasteiger partial charge in [-0.1, -0.05) is 5.16 Å².